The number of hydrogen-bond acceptors (Lipinski definition) is 4. The van der Waals surface area contributed by atoms with Crippen LogP contribution in [0.5, 0.6) is 0 Å². The topological polar surface area (TPSA) is 48.4 Å². The summed E-state index contributed by atoms with van der Waals surface area (Å²) in [6.45, 7) is 21.7. The summed E-state index contributed by atoms with van der Waals surface area (Å²) in [6, 6.07) is 6.29. The zero-order valence-electron chi connectivity index (χ0n) is 21.9. The Kier molecular flexibility index (Phi) is 8.63. The van der Waals surface area contributed by atoms with Crippen molar-refractivity contribution in [2.45, 2.75) is 92.0 Å². The van der Waals surface area contributed by atoms with Crippen LogP contribution in [-0.4, -0.2) is 25.9 Å². The molecule has 0 amide bonds. The van der Waals surface area contributed by atoms with E-state index in [0.29, 0.717) is 17.9 Å². The highest BCUT2D eigenvalue weighted by atomic mass is 28.4. The molecule has 0 atom stereocenters. The number of nitrogens with zero attached hydrogens (tertiary/aromatic N) is 1. The maximum Gasteiger partial charge on any atom is 0.340 e. The normalized spacial score (nSPS) is 12.5. The Morgan fingerprint density at radius 1 is 1.03 bits per heavy atom. The van der Waals surface area contributed by atoms with Crippen LogP contribution in [0.1, 0.15) is 94.5 Å². The molecule has 1 heterocycles. The highest BCUT2D eigenvalue weighted by molar-refractivity contribution is 6.74. The fourth-order valence-electron chi connectivity index (χ4n) is 3.52. The number of carbonyl (C=O) groups excluding carboxylic acids is 1. The first-order valence-electron chi connectivity index (χ1n) is 11.8. The van der Waals surface area contributed by atoms with Gasteiger partial charge in [-0.15, -0.1) is 0 Å². The Balaban J connectivity index is 2.90. The third kappa shape index (κ3) is 6.10. The smallest absolute Gasteiger partial charge is 0.340 e. The van der Waals surface area contributed by atoms with E-state index in [1.54, 1.807) is 19.1 Å². The average Bonchev–Trinajstić information content (AvgIpc) is 2.70. The number of halogens is 1. The molecule has 182 valence electrons. The van der Waals surface area contributed by atoms with Crippen LogP contribution in [-0.2, 0) is 15.8 Å². The summed E-state index contributed by atoms with van der Waals surface area (Å²) in [5, 5.41) is 0.0380. The SMILES string of the molecule is CCOC(=O)c1c(C(C)C)nc(C(C)C)c(CO[Si](C)(C)C(C)(C)C)c1-c1ccc(F)cc1. The van der Waals surface area contributed by atoms with Gasteiger partial charge in [0.15, 0.2) is 8.32 Å². The molecule has 0 radical (unpaired) electrons. The summed E-state index contributed by atoms with van der Waals surface area (Å²) < 4.78 is 25.9. The minimum atomic E-state index is -2.08. The Hall–Kier alpha value is -2.05. The van der Waals surface area contributed by atoms with E-state index in [9.17, 15) is 9.18 Å². The Labute approximate surface area is 200 Å². The third-order valence-corrected chi connectivity index (χ3v) is 10.9. The molecule has 0 saturated carbocycles. The fraction of sp³-hybridized carbons (Fsp3) is 0.556. The molecule has 33 heavy (non-hydrogen) atoms. The zero-order valence-corrected chi connectivity index (χ0v) is 22.9. The van der Waals surface area contributed by atoms with Crippen LogP contribution in [0.2, 0.25) is 18.1 Å². The molecule has 0 aliphatic heterocycles. The van der Waals surface area contributed by atoms with Gasteiger partial charge in [-0.3, -0.25) is 4.98 Å². The molecule has 1 aromatic carbocycles. The molecule has 0 aliphatic rings. The number of ether oxygens (including phenoxy) is 1. The molecule has 0 aliphatic carbocycles. The van der Waals surface area contributed by atoms with Crippen molar-refractivity contribution in [3.8, 4) is 11.1 Å². The predicted octanol–water partition coefficient (Wildman–Crippen LogP) is 7.83. The van der Waals surface area contributed by atoms with Crippen LogP contribution in [0.15, 0.2) is 24.3 Å². The van der Waals surface area contributed by atoms with Gasteiger partial charge >= 0.3 is 5.97 Å². The van der Waals surface area contributed by atoms with E-state index in [1.165, 1.54) is 12.1 Å². The van der Waals surface area contributed by atoms with Crippen molar-refractivity contribution in [2.24, 2.45) is 0 Å². The molecule has 0 spiro atoms. The lowest BCUT2D eigenvalue weighted by molar-refractivity contribution is 0.0524. The molecule has 0 unspecified atom stereocenters. The average molecular weight is 474 g/mol. The van der Waals surface area contributed by atoms with Crippen molar-refractivity contribution in [1.29, 1.82) is 0 Å². The van der Waals surface area contributed by atoms with E-state index in [-0.39, 0.29) is 29.3 Å². The van der Waals surface area contributed by atoms with Crippen molar-refractivity contribution >= 4 is 14.3 Å². The van der Waals surface area contributed by atoms with Crippen LogP contribution in [0.3, 0.4) is 0 Å². The monoisotopic (exact) mass is 473 g/mol. The highest BCUT2D eigenvalue weighted by Crippen LogP contribution is 2.41. The number of carbonyl (C=O) groups is 1. The van der Waals surface area contributed by atoms with Gasteiger partial charge in [0.25, 0.3) is 0 Å². The Bertz CT molecular complexity index is 976. The van der Waals surface area contributed by atoms with Gasteiger partial charge in [0.2, 0.25) is 0 Å². The van der Waals surface area contributed by atoms with Crippen LogP contribution in [0.4, 0.5) is 4.39 Å². The summed E-state index contributed by atoms with van der Waals surface area (Å²) in [5.74, 6) is -0.595. The second-order valence-electron chi connectivity index (χ2n) is 10.7. The molecule has 0 bridgehead atoms. The number of rotatable bonds is 8. The van der Waals surface area contributed by atoms with Crippen molar-refractivity contribution in [2.75, 3.05) is 6.61 Å². The minimum Gasteiger partial charge on any atom is -0.462 e. The van der Waals surface area contributed by atoms with E-state index < -0.39 is 14.3 Å². The van der Waals surface area contributed by atoms with Gasteiger partial charge < -0.3 is 9.16 Å². The lowest BCUT2D eigenvalue weighted by atomic mass is 9.87. The molecule has 2 aromatic rings. The van der Waals surface area contributed by atoms with E-state index in [1.807, 2.05) is 13.8 Å². The van der Waals surface area contributed by atoms with Crippen LogP contribution >= 0.6 is 0 Å². The lowest BCUT2D eigenvalue weighted by Gasteiger charge is -2.37. The summed E-state index contributed by atoms with van der Waals surface area (Å²) in [5.41, 5.74) is 4.46. The fourth-order valence-corrected chi connectivity index (χ4v) is 4.45. The number of benzene rings is 1. The standard InChI is InChI=1S/C27H40FNO3Si/c1-11-31-26(30)23-22(19-12-14-20(28)15-13-19)21(16-32-33(9,10)27(6,7)8)24(17(2)3)29-25(23)18(4)5/h12-15,17-18H,11,16H2,1-10H3. The number of hydrogen-bond donors (Lipinski definition) is 0. The summed E-state index contributed by atoms with van der Waals surface area (Å²) >= 11 is 0. The van der Waals surface area contributed by atoms with Crippen LogP contribution in [0, 0.1) is 5.82 Å². The Morgan fingerprint density at radius 2 is 1.58 bits per heavy atom. The quantitative estimate of drug-likeness (QED) is 0.289. The number of aromatic nitrogens is 1. The molecular weight excluding hydrogens is 433 g/mol. The largest absolute Gasteiger partial charge is 0.462 e. The van der Waals surface area contributed by atoms with E-state index >= 15 is 0 Å². The Morgan fingerprint density at radius 3 is 2.03 bits per heavy atom. The molecule has 2 rings (SSSR count). The van der Waals surface area contributed by atoms with Gasteiger partial charge in [-0.25, -0.2) is 9.18 Å². The summed E-state index contributed by atoms with van der Waals surface area (Å²) in [4.78, 5) is 18.3. The molecule has 0 fully saturated rings. The molecule has 0 N–H and O–H groups in total. The van der Waals surface area contributed by atoms with Gasteiger partial charge in [-0.05, 0) is 54.6 Å². The van der Waals surface area contributed by atoms with Crippen molar-refractivity contribution in [1.82, 2.24) is 4.98 Å². The first-order chi connectivity index (χ1) is 15.2. The second kappa shape index (κ2) is 10.5. The number of pyridine rings is 1. The first-order valence-corrected chi connectivity index (χ1v) is 14.8. The molecule has 0 saturated heterocycles. The van der Waals surface area contributed by atoms with Crippen molar-refractivity contribution in [3.63, 3.8) is 0 Å². The third-order valence-electron chi connectivity index (χ3n) is 6.45. The van der Waals surface area contributed by atoms with Crippen LogP contribution in [0.25, 0.3) is 11.1 Å². The van der Waals surface area contributed by atoms with Gasteiger partial charge in [0.1, 0.15) is 5.82 Å². The van der Waals surface area contributed by atoms with Crippen molar-refractivity contribution < 1.29 is 18.3 Å². The van der Waals surface area contributed by atoms with Gasteiger partial charge in [0.05, 0.1) is 24.5 Å². The van der Waals surface area contributed by atoms with Gasteiger partial charge in [0, 0.05) is 16.8 Å². The predicted molar refractivity (Wildman–Crippen MR) is 136 cm³/mol. The minimum absolute atomic E-state index is 0.0106. The van der Waals surface area contributed by atoms with E-state index in [2.05, 4.69) is 47.7 Å². The molecule has 4 nitrogen and oxygen atoms in total. The first kappa shape index (κ1) is 27.2. The van der Waals surface area contributed by atoms with E-state index in [0.717, 1.165) is 22.4 Å². The van der Waals surface area contributed by atoms with E-state index in [4.69, 9.17) is 14.1 Å². The zero-order chi connectivity index (χ0) is 25.1. The lowest BCUT2D eigenvalue weighted by Crippen LogP contribution is -2.40. The molecular formula is C27H40FNO3Si. The number of esters is 1. The maximum atomic E-state index is 13.8. The van der Waals surface area contributed by atoms with Gasteiger partial charge in [-0.1, -0.05) is 60.6 Å². The highest BCUT2D eigenvalue weighted by Gasteiger charge is 2.38. The maximum absolute atomic E-state index is 13.8. The van der Waals surface area contributed by atoms with Crippen LogP contribution < -0.4 is 0 Å². The summed E-state index contributed by atoms with van der Waals surface area (Å²) in [6.07, 6.45) is 0. The van der Waals surface area contributed by atoms with Crippen molar-refractivity contribution in [3.05, 3.63) is 52.6 Å². The second-order valence-corrected chi connectivity index (χ2v) is 15.5. The molecule has 1 aromatic heterocycles. The summed E-state index contributed by atoms with van der Waals surface area (Å²) in [7, 11) is -2.08. The van der Waals surface area contributed by atoms with Gasteiger partial charge in [-0.2, -0.15) is 0 Å². The molecule has 6 heteroatoms.